The van der Waals surface area contributed by atoms with E-state index in [4.69, 9.17) is 5.21 Å². The number of imide groups is 1. The van der Waals surface area contributed by atoms with Crippen molar-refractivity contribution in [2.45, 2.75) is 20.3 Å². The maximum Gasteiger partial charge on any atom is 0.259 e. The van der Waals surface area contributed by atoms with E-state index in [2.05, 4.69) is 0 Å². The van der Waals surface area contributed by atoms with Crippen molar-refractivity contribution in [3.63, 3.8) is 0 Å². The van der Waals surface area contributed by atoms with Crippen LogP contribution in [0.2, 0.25) is 0 Å². The van der Waals surface area contributed by atoms with Crippen LogP contribution in [0.4, 0.5) is 0 Å². The van der Waals surface area contributed by atoms with Crippen LogP contribution in [-0.2, 0) is 9.59 Å². The van der Waals surface area contributed by atoms with Crippen LogP contribution in [0.25, 0.3) is 0 Å². The first kappa shape index (κ1) is 7.21. The normalized spacial score (nSPS) is 24.1. The third kappa shape index (κ3) is 0.806. The van der Waals surface area contributed by atoms with Crippen LogP contribution >= 0.6 is 0 Å². The monoisotopic (exact) mass is 143 g/mol. The SMILES string of the molecule is CC1(C)CC(=O)N(O)C1=O. The van der Waals surface area contributed by atoms with Crippen LogP contribution in [0.5, 0.6) is 0 Å². The van der Waals surface area contributed by atoms with E-state index in [1.807, 2.05) is 0 Å². The van der Waals surface area contributed by atoms with Crippen molar-refractivity contribution in [3.8, 4) is 0 Å². The predicted octanol–water partition coefficient (Wildman–Crippen LogP) is 0.161. The summed E-state index contributed by atoms with van der Waals surface area (Å²) in [5, 5.41) is 8.93. The number of hydrogen-bond acceptors (Lipinski definition) is 3. The average molecular weight is 143 g/mol. The molecule has 1 rings (SSSR count). The van der Waals surface area contributed by atoms with Crippen LogP contribution in [0.15, 0.2) is 0 Å². The van der Waals surface area contributed by atoms with Gasteiger partial charge in [0.2, 0.25) is 0 Å². The Labute approximate surface area is 58.4 Å². The second kappa shape index (κ2) is 1.79. The molecule has 10 heavy (non-hydrogen) atoms. The Morgan fingerprint density at radius 2 is 2.00 bits per heavy atom. The Morgan fingerprint density at radius 1 is 1.50 bits per heavy atom. The molecule has 0 bridgehead atoms. The minimum absolute atomic E-state index is 0.0995. The molecule has 0 aromatic heterocycles. The van der Waals surface area contributed by atoms with E-state index in [1.165, 1.54) is 0 Å². The van der Waals surface area contributed by atoms with E-state index in [-0.39, 0.29) is 11.5 Å². The van der Waals surface area contributed by atoms with Crippen molar-refractivity contribution in [2.24, 2.45) is 5.41 Å². The molecule has 1 aliphatic rings. The molecule has 0 radical (unpaired) electrons. The van der Waals surface area contributed by atoms with E-state index < -0.39 is 17.2 Å². The first-order valence-corrected chi connectivity index (χ1v) is 3.01. The fraction of sp³-hybridized carbons (Fsp3) is 0.667. The Morgan fingerprint density at radius 3 is 2.10 bits per heavy atom. The van der Waals surface area contributed by atoms with Gasteiger partial charge in [0.15, 0.2) is 0 Å². The summed E-state index contributed by atoms with van der Waals surface area (Å²) in [7, 11) is 0. The van der Waals surface area contributed by atoms with Crippen LogP contribution in [0, 0.1) is 5.41 Å². The lowest BCUT2D eigenvalue weighted by Gasteiger charge is -2.11. The van der Waals surface area contributed by atoms with Gasteiger partial charge < -0.3 is 0 Å². The summed E-state index contributed by atoms with van der Waals surface area (Å²) >= 11 is 0. The van der Waals surface area contributed by atoms with E-state index in [0.29, 0.717) is 0 Å². The van der Waals surface area contributed by atoms with Gasteiger partial charge in [-0.3, -0.25) is 14.8 Å². The zero-order valence-electron chi connectivity index (χ0n) is 5.92. The number of hydroxylamine groups is 2. The zero-order valence-corrected chi connectivity index (χ0v) is 5.92. The smallest absolute Gasteiger partial charge is 0.259 e. The topological polar surface area (TPSA) is 57.6 Å². The molecule has 1 aliphatic heterocycles. The highest BCUT2D eigenvalue weighted by molar-refractivity contribution is 6.03. The van der Waals surface area contributed by atoms with Gasteiger partial charge in [-0.2, -0.15) is 5.06 Å². The number of carbonyl (C=O) groups is 2. The quantitative estimate of drug-likeness (QED) is 0.388. The van der Waals surface area contributed by atoms with Crippen LogP contribution < -0.4 is 0 Å². The van der Waals surface area contributed by atoms with Gasteiger partial charge in [-0.1, -0.05) is 13.8 Å². The number of nitrogens with zero attached hydrogens (tertiary/aromatic N) is 1. The minimum atomic E-state index is -0.716. The number of carbonyl (C=O) groups excluding carboxylic acids is 2. The molecule has 1 fully saturated rings. The molecule has 1 N–H and O–H groups in total. The molecule has 0 spiro atoms. The van der Waals surface area contributed by atoms with Gasteiger partial charge >= 0.3 is 0 Å². The summed E-state index contributed by atoms with van der Waals surface area (Å²) < 4.78 is 0. The molecule has 4 heteroatoms. The molecule has 0 atom stereocenters. The summed E-state index contributed by atoms with van der Waals surface area (Å²) in [5.41, 5.74) is -0.716. The summed E-state index contributed by atoms with van der Waals surface area (Å²) in [6.07, 6.45) is 0.0995. The molecule has 1 saturated heterocycles. The molecular weight excluding hydrogens is 134 g/mol. The molecule has 0 aromatic rings. The molecular formula is C6H9NO3. The van der Waals surface area contributed by atoms with Gasteiger partial charge in [0, 0.05) is 6.42 Å². The highest BCUT2D eigenvalue weighted by atomic mass is 16.5. The van der Waals surface area contributed by atoms with Gasteiger partial charge in [-0.15, -0.1) is 0 Å². The molecule has 0 aromatic carbocycles. The average Bonchev–Trinajstić information content (AvgIpc) is 1.95. The molecule has 1 heterocycles. The lowest BCUT2D eigenvalue weighted by molar-refractivity contribution is -0.173. The van der Waals surface area contributed by atoms with Crippen LogP contribution in [0.1, 0.15) is 20.3 Å². The van der Waals surface area contributed by atoms with E-state index in [1.54, 1.807) is 13.8 Å². The van der Waals surface area contributed by atoms with Crippen molar-refractivity contribution in [1.82, 2.24) is 5.06 Å². The zero-order chi connectivity index (χ0) is 7.94. The maximum atomic E-state index is 10.9. The van der Waals surface area contributed by atoms with Crippen molar-refractivity contribution in [1.29, 1.82) is 0 Å². The van der Waals surface area contributed by atoms with Crippen LogP contribution in [0.3, 0.4) is 0 Å². The summed E-state index contributed by atoms with van der Waals surface area (Å²) in [6, 6.07) is 0. The number of amides is 2. The number of hydrogen-bond donors (Lipinski definition) is 1. The highest BCUT2D eigenvalue weighted by Gasteiger charge is 2.44. The van der Waals surface area contributed by atoms with E-state index >= 15 is 0 Å². The van der Waals surface area contributed by atoms with Gasteiger partial charge in [-0.25, -0.2) is 0 Å². The maximum absolute atomic E-state index is 10.9. The lowest BCUT2D eigenvalue weighted by atomic mass is 9.92. The Hall–Kier alpha value is -0.900. The molecule has 0 aliphatic carbocycles. The first-order valence-electron chi connectivity index (χ1n) is 3.01. The molecule has 0 unspecified atom stereocenters. The van der Waals surface area contributed by atoms with E-state index in [0.717, 1.165) is 0 Å². The predicted molar refractivity (Wildman–Crippen MR) is 32.0 cm³/mol. The summed E-state index contributed by atoms with van der Waals surface area (Å²) in [4.78, 5) is 21.5. The molecule has 4 nitrogen and oxygen atoms in total. The third-order valence-electron chi connectivity index (χ3n) is 1.60. The summed E-state index contributed by atoms with van der Waals surface area (Å²) in [5.74, 6) is -1.03. The Balaban J connectivity index is 2.92. The van der Waals surface area contributed by atoms with Gasteiger partial charge in [0.25, 0.3) is 11.8 Å². The highest BCUT2D eigenvalue weighted by Crippen LogP contribution is 2.29. The first-order chi connectivity index (χ1) is 4.45. The molecule has 56 valence electrons. The largest absolute Gasteiger partial charge is 0.278 e. The third-order valence-corrected chi connectivity index (χ3v) is 1.60. The second-order valence-corrected chi connectivity index (χ2v) is 3.07. The van der Waals surface area contributed by atoms with E-state index in [9.17, 15) is 9.59 Å². The molecule has 2 amide bonds. The van der Waals surface area contributed by atoms with Crippen LogP contribution in [-0.4, -0.2) is 22.1 Å². The minimum Gasteiger partial charge on any atom is -0.278 e. The Kier molecular flexibility index (Phi) is 1.29. The second-order valence-electron chi connectivity index (χ2n) is 3.07. The Bertz CT molecular complexity index is 197. The standard InChI is InChI=1S/C6H9NO3/c1-6(2)3-4(8)7(10)5(6)9/h10H,3H2,1-2H3. The van der Waals surface area contributed by atoms with Gasteiger partial charge in [-0.05, 0) is 0 Å². The summed E-state index contributed by atoms with van der Waals surface area (Å²) in [6.45, 7) is 3.26. The van der Waals surface area contributed by atoms with Gasteiger partial charge in [0.1, 0.15) is 0 Å². The van der Waals surface area contributed by atoms with Crippen molar-refractivity contribution in [2.75, 3.05) is 0 Å². The van der Waals surface area contributed by atoms with Crippen molar-refractivity contribution in [3.05, 3.63) is 0 Å². The fourth-order valence-corrected chi connectivity index (χ4v) is 0.929. The number of rotatable bonds is 0. The van der Waals surface area contributed by atoms with Crippen molar-refractivity contribution >= 4 is 11.8 Å². The van der Waals surface area contributed by atoms with Crippen molar-refractivity contribution < 1.29 is 14.8 Å². The fourth-order valence-electron chi connectivity index (χ4n) is 0.929. The molecule has 0 saturated carbocycles. The van der Waals surface area contributed by atoms with Gasteiger partial charge in [0.05, 0.1) is 5.41 Å². The lowest BCUT2D eigenvalue weighted by Crippen LogP contribution is -2.29.